The molecule has 1 aliphatic carbocycles. The van der Waals surface area contributed by atoms with E-state index in [2.05, 4.69) is 22.5 Å². The predicted octanol–water partition coefficient (Wildman–Crippen LogP) is 2.72. The van der Waals surface area contributed by atoms with Crippen molar-refractivity contribution >= 4 is 5.96 Å². The molecule has 26 heavy (non-hydrogen) atoms. The third-order valence-electron chi connectivity index (χ3n) is 4.96. The Morgan fingerprint density at radius 1 is 1.08 bits per heavy atom. The summed E-state index contributed by atoms with van der Waals surface area (Å²) < 4.78 is 17.0. The minimum absolute atomic E-state index is 0.501. The normalized spacial score (nSPS) is 21.9. The van der Waals surface area contributed by atoms with Crippen molar-refractivity contribution in [2.24, 2.45) is 10.9 Å². The highest BCUT2D eigenvalue weighted by Crippen LogP contribution is 2.20. The van der Waals surface area contributed by atoms with Gasteiger partial charge in [-0.2, -0.15) is 0 Å². The lowest BCUT2D eigenvalue weighted by Gasteiger charge is -2.22. The van der Waals surface area contributed by atoms with E-state index in [0.717, 1.165) is 77.9 Å². The maximum Gasteiger partial charge on any atom is 0.191 e. The zero-order valence-corrected chi connectivity index (χ0v) is 16.6. The van der Waals surface area contributed by atoms with Gasteiger partial charge in [0.1, 0.15) is 0 Å². The van der Waals surface area contributed by atoms with Crippen LogP contribution in [0.4, 0.5) is 0 Å². The van der Waals surface area contributed by atoms with E-state index < -0.39 is 0 Å². The molecular formula is C20H39N3O3. The van der Waals surface area contributed by atoms with Crippen LogP contribution in [-0.2, 0) is 14.2 Å². The smallest absolute Gasteiger partial charge is 0.191 e. The summed E-state index contributed by atoms with van der Waals surface area (Å²) in [5, 5.41) is 6.69. The number of rotatable bonds is 12. The molecule has 2 rings (SSSR count). The van der Waals surface area contributed by atoms with Crippen molar-refractivity contribution in [3.05, 3.63) is 0 Å². The predicted molar refractivity (Wildman–Crippen MR) is 106 cm³/mol. The molecule has 1 saturated carbocycles. The van der Waals surface area contributed by atoms with E-state index in [1.165, 1.54) is 32.1 Å². The Kier molecular flexibility index (Phi) is 11.7. The Labute approximate surface area is 159 Å². The fraction of sp³-hybridized carbons (Fsp3) is 0.950. The molecule has 0 radical (unpaired) electrons. The molecule has 0 spiro atoms. The van der Waals surface area contributed by atoms with Crippen molar-refractivity contribution in [3.63, 3.8) is 0 Å². The zero-order chi connectivity index (χ0) is 18.3. The lowest BCUT2D eigenvalue weighted by molar-refractivity contribution is 0.0277. The third-order valence-corrected chi connectivity index (χ3v) is 4.96. The average Bonchev–Trinajstić information content (AvgIpc) is 3.18. The molecule has 0 aromatic heterocycles. The highest BCUT2D eigenvalue weighted by Gasteiger charge is 2.15. The highest BCUT2D eigenvalue weighted by molar-refractivity contribution is 5.79. The number of aliphatic imine (C=N–C) groups is 1. The first-order chi connectivity index (χ1) is 12.9. The maximum atomic E-state index is 5.97. The van der Waals surface area contributed by atoms with Gasteiger partial charge in [-0.15, -0.1) is 0 Å². The minimum atomic E-state index is 0.501. The second kappa shape index (κ2) is 14.2. The first kappa shape index (κ1) is 21.5. The van der Waals surface area contributed by atoms with Crippen molar-refractivity contribution in [2.75, 3.05) is 52.7 Å². The molecule has 2 aliphatic rings. The van der Waals surface area contributed by atoms with Crippen LogP contribution in [-0.4, -0.2) is 64.7 Å². The Balaban J connectivity index is 1.47. The van der Waals surface area contributed by atoms with E-state index in [1.54, 1.807) is 0 Å². The van der Waals surface area contributed by atoms with Gasteiger partial charge in [0.15, 0.2) is 5.96 Å². The molecule has 0 aromatic rings. The van der Waals surface area contributed by atoms with Gasteiger partial charge in [-0.3, -0.25) is 4.99 Å². The van der Waals surface area contributed by atoms with Crippen LogP contribution in [0.1, 0.15) is 58.3 Å². The van der Waals surface area contributed by atoms with Crippen LogP contribution in [0.3, 0.4) is 0 Å². The van der Waals surface area contributed by atoms with E-state index in [9.17, 15) is 0 Å². The Hall–Kier alpha value is -0.850. The lowest BCUT2D eigenvalue weighted by Crippen LogP contribution is -2.38. The van der Waals surface area contributed by atoms with Crippen molar-refractivity contribution in [1.29, 1.82) is 0 Å². The number of nitrogens with zero attached hydrogens (tertiary/aromatic N) is 1. The molecular weight excluding hydrogens is 330 g/mol. The number of hydrogen-bond donors (Lipinski definition) is 2. The molecule has 1 atom stereocenters. The van der Waals surface area contributed by atoms with Gasteiger partial charge >= 0.3 is 0 Å². The average molecular weight is 370 g/mol. The standard InChI is InChI=1S/C20H39N3O3/c1-2-21-20(22-11-6-13-24-16-18-10-15-25-17-18)23-12-7-14-26-19-8-4-3-5-9-19/h18-19H,2-17H2,1H3,(H2,21,22,23). The second-order valence-corrected chi connectivity index (χ2v) is 7.33. The Morgan fingerprint density at radius 2 is 1.96 bits per heavy atom. The van der Waals surface area contributed by atoms with E-state index in [0.29, 0.717) is 12.0 Å². The first-order valence-electron chi connectivity index (χ1n) is 10.7. The highest BCUT2D eigenvalue weighted by atomic mass is 16.5. The Bertz CT molecular complexity index is 367. The number of guanidine groups is 1. The van der Waals surface area contributed by atoms with Gasteiger partial charge in [0.2, 0.25) is 0 Å². The van der Waals surface area contributed by atoms with Gasteiger partial charge in [-0.05, 0) is 39.0 Å². The monoisotopic (exact) mass is 369 g/mol. The molecule has 0 aromatic carbocycles. The summed E-state index contributed by atoms with van der Waals surface area (Å²) in [6.07, 6.45) is 10.1. The molecule has 2 N–H and O–H groups in total. The van der Waals surface area contributed by atoms with Gasteiger partial charge in [-0.1, -0.05) is 19.3 Å². The van der Waals surface area contributed by atoms with Gasteiger partial charge in [-0.25, -0.2) is 0 Å². The van der Waals surface area contributed by atoms with Crippen LogP contribution in [0.2, 0.25) is 0 Å². The van der Waals surface area contributed by atoms with Gasteiger partial charge in [0.05, 0.1) is 19.3 Å². The van der Waals surface area contributed by atoms with Crippen molar-refractivity contribution in [3.8, 4) is 0 Å². The molecule has 6 heteroatoms. The summed E-state index contributed by atoms with van der Waals surface area (Å²) >= 11 is 0. The van der Waals surface area contributed by atoms with E-state index in [-0.39, 0.29) is 0 Å². The van der Waals surface area contributed by atoms with E-state index in [1.807, 2.05) is 0 Å². The summed E-state index contributed by atoms with van der Waals surface area (Å²) in [7, 11) is 0. The van der Waals surface area contributed by atoms with Crippen LogP contribution < -0.4 is 10.6 Å². The molecule has 0 amide bonds. The second-order valence-electron chi connectivity index (χ2n) is 7.33. The molecule has 1 unspecified atom stereocenters. The van der Waals surface area contributed by atoms with Crippen molar-refractivity contribution < 1.29 is 14.2 Å². The molecule has 1 heterocycles. The SMILES string of the molecule is CCNC(=NCCCOCC1CCOC1)NCCCOC1CCCCC1. The third kappa shape index (κ3) is 9.74. The van der Waals surface area contributed by atoms with Crippen LogP contribution in [0.5, 0.6) is 0 Å². The van der Waals surface area contributed by atoms with Gasteiger partial charge in [0, 0.05) is 45.4 Å². The number of ether oxygens (including phenoxy) is 3. The Morgan fingerprint density at radius 3 is 2.73 bits per heavy atom. The molecule has 2 fully saturated rings. The summed E-state index contributed by atoms with van der Waals surface area (Å²) in [5.41, 5.74) is 0. The minimum Gasteiger partial charge on any atom is -0.381 e. The fourth-order valence-electron chi connectivity index (χ4n) is 3.42. The topological polar surface area (TPSA) is 64.1 Å². The quantitative estimate of drug-likeness (QED) is 0.315. The van der Waals surface area contributed by atoms with Crippen LogP contribution in [0, 0.1) is 5.92 Å². The van der Waals surface area contributed by atoms with E-state index >= 15 is 0 Å². The van der Waals surface area contributed by atoms with Crippen LogP contribution in [0.15, 0.2) is 4.99 Å². The summed E-state index contributed by atoms with van der Waals surface area (Å²) in [5.74, 6) is 1.49. The summed E-state index contributed by atoms with van der Waals surface area (Å²) in [4.78, 5) is 4.62. The number of nitrogens with one attached hydrogen (secondary N) is 2. The van der Waals surface area contributed by atoms with E-state index in [4.69, 9.17) is 14.2 Å². The zero-order valence-electron chi connectivity index (χ0n) is 16.6. The molecule has 1 aliphatic heterocycles. The largest absolute Gasteiger partial charge is 0.381 e. The lowest BCUT2D eigenvalue weighted by atomic mass is 9.98. The van der Waals surface area contributed by atoms with Gasteiger partial charge < -0.3 is 24.8 Å². The molecule has 6 nitrogen and oxygen atoms in total. The van der Waals surface area contributed by atoms with Crippen molar-refractivity contribution in [1.82, 2.24) is 10.6 Å². The summed E-state index contributed by atoms with van der Waals surface area (Å²) in [6.45, 7) is 8.84. The molecule has 152 valence electrons. The molecule has 0 bridgehead atoms. The maximum absolute atomic E-state index is 5.97. The summed E-state index contributed by atoms with van der Waals surface area (Å²) in [6, 6.07) is 0. The number of hydrogen-bond acceptors (Lipinski definition) is 4. The first-order valence-corrected chi connectivity index (χ1v) is 10.7. The van der Waals surface area contributed by atoms with Gasteiger partial charge in [0.25, 0.3) is 0 Å². The van der Waals surface area contributed by atoms with Crippen LogP contribution >= 0.6 is 0 Å². The van der Waals surface area contributed by atoms with Crippen LogP contribution in [0.25, 0.3) is 0 Å². The fourth-order valence-corrected chi connectivity index (χ4v) is 3.42. The van der Waals surface area contributed by atoms with Crippen molar-refractivity contribution in [2.45, 2.75) is 64.4 Å². The molecule has 1 saturated heterocycles.